The van der Waals surface area contributed by atoms with Gasteiger partial charge in [0.15, 0.2) is 0 Å². The third-order valence-corrected chi connectivity index (χ3v) is 2.86. The van der Waals surface area contributed by atoms with Crippen molar-refractivity contribution in [2.75, 3.05) is 19.7 Å². The summed E-state index contributed by atoms with van der Waals surface area (Å²) in [5, 5.41) is 4.22. The summed E-state index contributed by atoms with van der Waals surface area (Å²) >= 11 is 0. The Kier molecular flexibility index (Phi) is 4.86. The highest BCUT2D eigenvalue weighted by Crippen LogP contribution is 2.15. The number of para-hydroxylation sites is 1. The topological polar surface area (TPSA) is 51.2 Å². The quantitative estimate of drug-likeness (QED) is 0.635. The van der Waals surface area contributed by atoms with E-state index in [1.165, 1.54) is 5.56 Å². The number of rotatable bonds is 6. The molecule has 19 heavy (non-hydrogen) atoms. The third-order valence-electron chi connectivity index (χ3n) is 2.86. The molecule has 0 atom stereocenters. The first kappa shape index (κ1) is 13.5. The maximum absolute atomic E-state index is 11.2. The van der Waals surface area contributed by atoms with Crippen LogP contribution in [-0.2, 0) is 16.0 Å². The standard InChI is InChI=1S/C15H18N2O2/c1-2-19-14(18)11-16-10-8-13-6-3-5-12-7-4-9-17-15(12)13/h3-7,9,16H,2,8,10-11H2,1H3. The molecule has 1 aromatic heterocycles. The molecule has 0 aliphatic rings. The van der Waals surface area contributed by atoms with Gasteiger partial charge in [0.2, 0.25) is 0 Å². The van der Waals surface area contributed by atoms with Crippen LogP contribution in [0.5, 0.6) is 0 Å². The van der Waals surface area contributed by atoms with E-state index in [1.807, 2.05) is 12.1 Å². The lowest BCUT2D eigenvalue weighted by Crippen LogP contribution is -2.26. The van der Waals surface area contributed by atoms with E-state index in [-0.39, 0.29) is 12.5 Å². The number of fused-ring (bicyclic) bond motifs is 1. The van der Waals surface area contributed by atoms with Crippen LogP contribution in [0.3, 0.4) is 0 Å². The summed E-state index contributed by atoms with van der Waals surface area (Å²) < 4.78 is 4.85. The second-order valence-electron chi connectivity index (χ2n) is 4.22. The number of nitrogens with one attached hydrogen (secondary N) is 1. The fraction of sp³-hybridized carbons (Fsp3) is 0.333. The second kappa shape index (κ2) is 6.85. The van der Waals surface area contributed by atoms with Crippen LogP contribution in [0.25, 0.3) is 10.9 Å². The third kappa shape index (κ3) is 3.76. The van der Waals surface area contributed by atoms with Gasteiger partial charge in [-0.15, -0.1) is 0 Å². The number of hydrogen-bond acceptors (Lipinski definition) is 4. The molecule has 1 heterocycles. The van der Waals surface area contributed by atoms with Gasteiger partial charge in [0.1, 0.15) is 0 Å². The van der Waals surface area contributed by atoms with E-state index in [2.05, 4.69) is 28.5 Å². The lowest BCUT2D eigenvalue weighted by Gasteiger charge is -2.07. The van der Waals surface area contributed by atoms with Crippen LogP contribution in [0.1, 0.15) is 12.5 Å². The van der Waals surface area contributed by atoms with Crippen molar-refractivity contribution < 1.29 is 9.53 Å². The molecule has 4 heteroatoms. The number of esters is 1. The zero-order valence-corrected chi connectivity index (χ0v) is 11.1. The summed E-state index contributed by atoms with van der Waals surface area (Å²) in [5.74, 6) is -0.210. The molecule has 0 saturated carbocycles. The molecule has 100 valence electrons. The van der Waals surface area contributed by atoms with Crippen LogP contribution in [0.2, 0.25) is 0 Å². The lowest BCUT2D eigenvalue weighted by atomic mass is 10.1. The zero-order valence-electron chi connectivity index (χ0n) is 11.1. The maximum atomic E-state index is 11.2. The minimum Gasteiger partial charge on any atom is -0.465 e. The van der Waals surface area contributed by atoms with Gasteiger partial charge in [-0.25, -0.2) is 0 Å². The Morgan fingerprint density at radius 1 is 1.32 bits per heavy atom. The van der Waals surface area contributed by atoms with Gasteiger partial charge in [-0.2, -0.15) is 0 Å². The van der Waals surface area contributed by atoms with Crippen molar-refractivity contribution in [3.63, 3.8) is 0 Å². The SMILES string of the molecule is CCOC(=O)CNCCc1cccc2cccnc12. The number of nitrogens with zero attached hydrogens (tertiary/aromatic N) is 1. The van der Waals surface area contributed by atoms with Crippen molar-refractivity contribution in [3.8, 4) is 0 Å². The normalized spacial score (nSPS) is 10.6. The van der Waals surface area contributed by atoms with E-state index in [0.717, 1.165) is 23.9 Å². The van der Waals surface area contributed by atoms with Crippen molar-refractivity contribution in [2.45, 2.75) is 13.3 Å². The monoisotopic (exact) mass is 258 g/mol. The largest absolute Gasteiger partial charge is 0.465 e. The molecule has 0 saturated heterocycles. The smallest absolute Gasteiger partial charge is 0.319 e. The Bertz CT molecular complexity index is 549. The van der Waals surface area contributed by atoms with Gasteiger partial charge >= 0.3 is 5.97 Å². The van der Waals surface area contributed by atoms with Gasteiger partial charge in [-0.05, 0) is 31.5 Å². The minimum absolute atomic E-state index is 0.210. The Morgan fingerprint density at radius 2 is 2.16 bits per heavy atom. The Morgan fingerprint density at radius 3 is 3.00 bits per heavy atom. The first-order chi connectivity index (χ1) is 9.31. The number of aromatic nitrogens is 1. The van der Waals surface area contributed by atoms with E-state index < -0.39 is 0 Å². The fourth-order valence-electron chi connectivity index (χ4n) is 1.99. The van der Waals surface area contributed by atoms with E-state index in [1.54, 1.807) is 13.1 Å². The van der Waals surface area contributed by atoms with Gasteiger partial charge in [0.05, 0.1) is 18.7 Å². The molecule has 1 N–H and O–H groups in total. The van der Waals surface area contributed by atoms with Gasteiger partial charge in [-0.3, -0.25) is 9.78 Å². The highest BCUT2D eigenvalue weighted by Gasteiger charge is 2.03. The van der Waals surface area contributed by atoms with Crippen molar-refractivity contribution in [1.29, 1.82) is 0 Å². The molecule has 1 aromatic carbocycles. The first-order valence-corrected chi connectivity index (χ1v) is 6.50. The van der Waals surface area contributed by atoms with Crippen LogP contribution in [-0.4, -0.2) is 30.6 Å². The number of hydrogen-bond donors (Lipinski definition) is 1. The molecule has 0 fully saturated rings. The van der Waals surface area contributed by atoms with Crippen LogP contribution >= 0.6 is 0 Å². The molecule has 0 bridgehead atoms. The van der Waals surface area contributed by atoms with Crippen LogP contribution in [0.4, 0.5) is 0 Å². The highest BCUT2D eigenvalue weighted by atomic mass is 16.5. The van der Waals surface area contributed by atoms with Crippen LogP contribution in [0, 0.1) is 0 Å². The van der Waals surface area contributed by atoms with Crippen LogP contribution in [0.15, 0.2) is 36.5 Å². The molecule has 0 spiro atoms. The van der Waals surface area contributed by atoms with Crippen molar-refractivity contribution >= 4 is 16.9 Å². The summed E-state index contributed by atoms with van der Waals surface area (Å²) in [6.07, 6.45) is 2.64. The Hall–Kier alpha value is -1.94. The molecular formula is C15H18N2O2. The average Bonchev–Trinajstić information content (AvgIpc) is 2.44. The maximum Gasteiger partial charge on any atom is 0.319 e. The van der Waals surface area contributed by atoms with Crippen LogP contribution < -0.4 is 5.32 Å². The predicted molar refractivity (Wildman–Crippen MR) is 74.9 cm³/mol. The number of carbonyl (C=O) groups is 1. The number of ether oxygens (including phenoxy) is 1. The summed E-state index contributed by atoms with van der Waals surface area (Å²) in [6.45, 7) is 3.22. The molecule has 0 aliphatic carbocycles. The van der Waals surface area contributed by atoms with E-state index in [0.29, 0.717) is 6.61 Å². The van der Waals surface area contributed by atoms with Crippen molar-refractivity contribution in [3.05, 3.63) is 42.1 Å². The Balaban J connectivity index is 1.90. The summed E-state index contributed by atoms with van der Waals surface area (Å²) in [7, 11) is 0. The molecule has 2 aromatic rings. The van der Waals surface area contributed by atoms with Crippen molar-refractivity contribution in [2.24, 2.45) is 0 Å². The Labute approximate surface area is 112 Å². The number of pyridine rings is 1. The predicted octanol–water partition coefficient (Wildman–Crippen LogP) is 1.93. The lowest BCUT2D eigenvalue weighted by molar-refractivity contribution is -0.141. The van der Waals surface area contributed by atoms with Gasteiger partial charge in [0.25, 0.3) is 0 Å². The minimum atomic E-state index is -0.210. The van der Waals surface area contributed by atoms with E-state index in [4.69, 9.17) is 4.74 Å². The fourth-order valence-corrected chi connectivity index (χ4v) is 1.99. The number of carbonyl (C=O) groups excluding carboxylic acids is 1. The first-order valence-electron chi connectivity index (χ1n) is 6.50. The molecule has 0 unspecified atom stereocenters. The molecule has 0 radical (unpaired) electrons. The second-order valence-corrected chi connectivity index (χ2v) is 4.22. The molecule has 2 rings (SSSR count). The van der Waals surface area contributed by atoms with Gasteiger partial charge in [0, 0.05) is 11.6 Å². The zero-order chi connectivity index (χ0) is 13.5. The van der Waals surface area contributed by atoms with E-state index in [9.17, 15) is 4.79 Å². The van der Waals surface area contributed by atoms with Crippen molar-refractivity contribution in [1.82, 2.24) is 10.3 Å². The van der Waals surface area contributed by atoms with Gasteiger partial charge < -0.3 is 10.1 Å². The van der Waals surface area contributed by atoms with E-state index >= 15 is 0 Å². The molecule has 0 aliphatic heterocycles. The summed E-state index contributed by atoms with van der Waals surface area (Å²) in [5.41, 5.74) is 2.22. The van der Waals surface area contributed by atoms with Gasteiger partial charge in [-0.1, -0.05) is 24.3 Å². The molecule has 0 amide bonds. The summed E-state index contributed by atoms with van der Waals surface area (Å²) in [4.78, 5) is 15.6. The summed E-state index contributed by atoms with van der Waals surface area (Å²) in [6, 6.07) is 10.1. The molecular weight excluding hydrogens is 240 g/mol. The average molecular weight is 258 g/mol. The highest BCUT2D eigenvalue weighted by molar-refractivity contribution is 5.81. The number of benzene rings is 1. The molecule has 4 nitrogen and oxygen atoms in total.